The van der Waals surface area contributed by atoms with Crippen molar-refractivity contribution in [3.63, 3.8) is 0 Å². The Hall–Kier alpha value is -3.76. The van der Waals surface area contributed by atoms with Crippen molar-refractivity contribution in [1.29, 1.82) is 0 Å². The number of hydrogen-bond acceptors (Lipinski definition) is 1. The normalized spacial score (nSPS) is 10.3. The average molecular weight is 431 g/mol. The van der Waals surface area contributed by atoms with Crippen molar-refractivity contribution in [2.45, 2.75) is 39.0 Å². The summed E-state index contributed by atoms with van der Waals surface area (Å²) in [5.74, 6) is 8.62. The molecule has 0 heterocycles. The van der Waals surface area contributed by atoms with Crippen LogP contribution in [0.1, 0.15) is 49.3 Å². The Morgan fingerprint density at radius 3 is 2.00 bits per heavy atom. The van der Waals surface area contributed by atoms with Gasteiger partial charge in [-0.1, -0.05) is 105 Å². The van der Waals surface area contributed by atoms with Crippen LogP contribution in [0.2, 0.25) is 0 Å². The molecule has 0 N–H and O–H groups in total. The second-order valence-corrected chi connectivity index (χ2v) is 8.21. The summed E-state index contributed by atoms with van der Waals surface area (Å²) in [5, 5.41) is 0. The molecule has 4 aromatic carbocycles. The van der Waals surface area contributed by atoms with Gasteiger partial charge in [0.25, 0.3) is 0 Å². The molecule has 0 bridgehead atoms. The first-order valence-electron chi connectivity index (χ1n) is 11.9. The molecule has 0 aliphatic carbocycles. The molecule has 33 heavy (non-hydrogen) atoms. The number of benzene rings is 4. The van der Waals surface area contributed by atoms with E-state index in [0.29, 0.717) is 0 Å². The molecule has 0 spiro atoms. The Kier molecular flexibility index (Phi) is 7.98. The number of hydrogen-bond donors (Lipinski definition) is 0. The van der Waals surface area contributed by atoms with Gasteiger partial charge in [0.05, 0.1) is 0 Å². The molecule has 0 radical (unpaired) electrons. The van der Waals surface area contributed by atoms with Crippen LogP contribution in [0.3, 0.4) is 0 Å². The van der Waals surface area contributed by atoms with Crippen molar-refractivity contribution in [1.82, 2.24) is 0 Å². The van der Waals surface area contributed by atoms with Crippen molar-refractivity contribution >= 4 is 0 Å². The predicted molar refractivity (Wildman–Crippen MR) is 139 cm³/mol. The van der Waals surface area contributed by atoms with Crippen LogP contribution < -0.4 is 4.74 Å². The van der Waals surface area contributed by atoms with E-state index in [1.54, 1.807) is 0 Å². The molecule has 164 valence electrons. The molecule has 0 aromatic heterocycles. The van der Waals surface area contributed by atoms with E-state index in [-0.39, 0.29) is 0 Å². The minimum absolute atomic E-state index is 0.844. The molecule has 0 unspecified atom stereocenters. The Bertz CT molecular complexity index is 1200. The lowest BCUT2D eigenvalue weighted by molar-refractivity contribution is 0.482. The standard InChI is InChI=1S/C32H30O/c1-2-3-4-10-19-28-24-30(33-29-20-13-7-14-21-29)25-32(27-17-11-6-12-18-27)31(28)23-22-26-15-8-5-9-16-26/h5-9,11-18,20-21,24-25H,2-4,10,19H2,1H3. The Morgan fingerprint density at radius 2 is 1.30 bits per heavy atom. The highest BCUT2D eigenvalue weighted by Gasteiger charge is 2.13. The maximum atomic E-state index is 6.28. The van der Waals surface area contributed by atoms with Gasteiger partial charge >= 0.3 is 0 Å². The van der Waals surface area contributed by atoms with E-state index in [2.05, 4.69) is 73.4 Å². The van der Waals surface area contributed by atoms with E-state index in [1.807, 2.05) is 48.5 Å². The van der Waals surface area contributed by atoms with E-state index in [0.717, 1.165) is 46.6 Å². The van der Waals surface area contributed by atoms with Gasteiger partial charge in [0.2, 0.25) is 0 Å². The largest absolute Gasteiger partial charge is 0.457 e. The summed E-state index contributed by atoms with van der Waals surface area (Å²) >= 11 is 0. The molecule has 0 aliphatic heterocycles. The van der Waals surface area contributed by atoms with Gasteiger partial charge < -0.3 is 4.74 Å². The smallest absolute Gasteiger partial charge is 0.128 e. The van der Waals surface area contributed by atoms with Crippen molar-refractivity contribution in [3.8, 4) is 34.5 Å². The molecule has 0 amide bonds. The number of rotatable bonds is 8. The van der Waals surface area contributed by atoms with Gasteiger partial charge in [0.1, 0.15) is 11.5 Å². The lowest BCUT2D eigenvalue weighted by Crippen LogP contribution is -1.97. The summed E-state index contributed by atoms with van der Waals surface area (Å²) in [6, 6.07) is 35.0. The summed E-state index contributed by atoms with van der Waals surface area (Å²) in [6.07, 6.45) is 5.86. The summed E-state index contributed by atoms with van der Waals surface area (Å²) in [7, 11) is 0. The average Bonchev–Trinajstić information content (AvgIpc) is 2.87. The maximum absolute atomic E-state index is 6.28. The summed E-state index contributed by atoms with van der Waals surface area (Å²) in [5.41, 5.74) is 5.66. The van der Waals surface area contributed by atoms with Crippen LogP contribution in [0.5, 0.6) is 11.5 Å². The predicted octanol–water partition coefficient (Wildman–Crippen LogP) is 8.67. The molecule has 1 heteroatoms. The number of aryl methyl sites for hydroxylation is 1. The number of ether oxygens (including phenoxy) is 1. The lowest BCUT2D eigenvalue weighted by Gasteiger charge is -2.15. The van der Waals surface area contributed by atoms with E-state index >= 15 is 0 Å². The van der Waals surface area contributed by atoms with Gasteiger partial charge in [-0.2, -0.15) is 0 Å². The van der Waals surface area contributed by atoms with Crippen LogP contribution in [0, 0.1) is 11.8 Å². The fourth-order valence-corrected chi connectivity index (χ4v) is 3.95. The third-order valence-corrected chi connectivity index (χ3v) is 5.66. The zero-order valence-corrected chi connectivity index (χ0v) is 19.3. The Balaban J connectivity index is 1.80. The van der Waals surface area contributed by atoms with Crippen molar-refractivity contribution in [2.24, 2.45) is 0 Å². The zero-order chi connectivity index (χ0) is 22.7. The zero-order valence-electron chi connectivity index (χ0n) is 19.3. The fraction of sp³-hybridized carbons (Fsp3) is 0.188. The molecule has 0 saturated carbocycles. The molecule has 0 fully saturated rings. The third-order valence-electron chi connectivity index (χ3n) is 5.66. The second kappa shape index (κ2) is 11.7. The van der Waals surface area contributed by atoms with E-state index in [1.165, 1.54) is 24.8 Å². The first-order chi connectivity index (χ1) is 16.3. The lowest BCUT2D eigenvalue weighted by atomic mass is 9.92. The van der Waals surface area contributed by atoms with Gasteiger partial charge in [-0.3, -0.25) is 0 Å². The molecule has 0 saturated heterocycles. The molecule has 1 nitrogen and oxygen atoms in total. The topological polar surface area (TPSA) is 9.23 Å². The van der Waals surface area contributed by atoms with Crippen LogP contribution >= 0.6 is 0 Å². The highest BCUT2D eigenvalue weighted by Crippen LogP contribution is 2.34. The maximum Gasteiger partial charge on any atom is 0.128 e. The highest BCUT2D eigenvalue weighted by atomic mass is 16.5. The van der Waals surface area contributed by atoms with Crippen molar-refractivity contribution in [3.05, 3.63) is 120 Å². The van der Waals surface area contributed by atoms with Gasteiger partial charge in [0.15, 0.2) is 0 Å². The first-order valence-corrected chi connectivity index (χ1v) is 11.9. The molecule has 4 aromatic rings. The Labute approximate surface area is 198 Å². The monoisotopic (exact) mass is 430 g/mol. The Morgan fingerprint density at radius 1 is 0.636 bits per heavy atom. The minimum Gasteiger partial charge on any atom is -0.457 e. The van der Waals surface area contributed by atoms with Crippen molar-refractivity contribution in [2.75, 3.05) is 0 Å². The summed E-state index contributed by atoms with van der Waals surface area (Å²) in [6.45, 7) is 2.25. The van der Waals surface area contributed by atoms with Crippen LogP contribution in [-0.2, 0) is 6.42 Å². The number of unbranched alkanes of at least 4 members (excludes halogenated alkanes) is 3. The van der Waals surface area contributed by atoms with Gasteiger partial charge in [-0.15, -0.1) is 0 Å². The van der Waals surface area contributed by atoms with Crippen LogP contribution in [-0.4, -0.2) is 0 Å². The summed E-state index contributed by atoms with van der Waals surface area (Å²) in [4.78, 5) is 0. The number of para-hydroxylation sites is 1. The highest BCUT2D eigenvalue weighted by molar-refractivity contribution is 5.75. The first kappa shape index (κ1) is 22.4. The SMILES string of the molecule is CCCCCCc1cc(Oc2ccccc2)cc(-c2ccccc2)c1C#Cc1ccccc1. The van der Waals surface area contributed by atoms with Crippen LogP contribution in [0.25, 0.3) is 11.1 Å². The van der Waals surface area contributed by atoms with Crippen molar-refractivity contribution < 1.29 is 4.74 Å². The fourth-order valence-electron chi connectivity index (χ4n) is 3.95. The second-order valence-electron chi connectivity index (χ2n) is 8.21. The molecular weight excluding hydrogens is 400 g/mol. The molecule has 0 aliphatic rings. The molecular formula is C32H30O. The van der Waals surface area contributed by atoms with E-state index < -0.39 is 0 Å². The van der Waals surface area contributed by atoms with Gasteiger partial charge in [-0.25, -0.2) is 0 Å². The van der Waals surface area contributed by atoms with E-state index in [4.69, 9.17) is 4.74 Å². The van der Waals surface area contributed by atoms with E-state index in [9.17, 15) is 0 Å². The van der Waals surface area contributed by atoms with Gasteiger partial charge in [-0.05, 0) is 60.4 Å². The third kappa shape index (κ3) is 6.37. The van der Waals surface area contributed by atoms with Crippen LogP contribution in [0.4, 0.5) is 0 Å². The summed E-state index contributed by atoms with van der Waals surface area (Å²) < 4.78 is 6.28. The molecule has 4 rings (SSSR count). The quantitative estimate of drug-likeness (QED) is 0.201. The van der Waals surface area contributed by atoms with Gasteiger partial charge in [0, 0.05) is 16.7 Å². The van der Waals surface area contributed by atoms with Crippen LogP contribution in [0.15, 0.2) is 103 Å². The minimum atomic E-state index is 0.844. The molecule has 0 atom stereocenters.